The molecule has 1 saturated heterocycles. The smallest absolute Gasteiger partial charge is 0.393 e. The number of pyridine rings is 1. The summed E-state index contributed by atoms with van der Waals surface area (Å²) in [5.74, 6) is 0.391. The monoisotopic (exact) mass is 400 g/mol. The Balaban J connectivity index is 2.07. The van der Waals surface area contributed by atoms with Gasteiger partial charge in [0.25, 0.3) is 0 Å². The number of halogens is 3. The van der Waals surface area contributed by atoms with Gasteiger partial charge in [-0.05, 0) is 36.6 Å². The normalized spacial score (nSPS) is 16.6. The molecule has 1 fully saturated rings. The highest BCUT2D eigenvalue weighted by molar-refractivity contribution is 7.90. The summed E-state index contributed by atoms with van der Waals surface area (Å²) in [4.78, 5) is 5.98. The van der Waals surface area contributed by atoms with E-state index >= 15 is 0 Å². The summed E-state index contributed by atoms with van der Waals surface area (Å²) in [7, 11) is -3.40. The number of benzene rings is 1. The number of nitrogens with zero attached hydrogens (tertiary/aromatic N) is 2. The van der Waals surface area contributed by atoms with Crippen molar-refractivity contribution in [1.29, 1.82) is 0 Å². The van der Waals surface area contributed by atoms with Gasteiger partial charge in [-0.25, -0.2) is 13.4 Å². The molecule has 1 aliphatic heterocycles. The Hall–Kier alpha value is -2.13. The van der Waals surface area contributed by atoms with Crippen LogP contribution in [0.5, 0.6) is 0 Å². The van der Waals surface area contributed by atoms with Gasteiger partial charge in [-0.1, -0.05) is 12.1 Å². The molecule has 1 aliphatic rings. The van der Waals surface area contributed by atoms with Gasteiger partial charge in [0, 0.05) is 31.1 Å². The average molecular weight is 400 g/mol. The van der Waals surface area contributed by atoms with Crippen molar-refractivity contribution in [2.24, 2.45) is 0 Å². The molecule has 2 aromatic rings. The van der Waals surface area contributed by atoms with Crippen LogP contribution in [0.1, 0.15) is 18.4 Å². The van der Waals surface area contributed by atoms with E-state index in [0.717, 1.165) is 18.5 Å². The predicted octanol–water partition coefficient (Wildman–Crippen LogP) is 3.13. The Morgan fingerprint density at radius 3 is 2.26 bits per heavy atom. The number of piperidine rings is 1. The number of anilines is 1. The minimum atomic E-state index is -4.54. The number of hydrogen-bond donors (Lipinski definition) is 1. The number of rotatable bonds is 3. The first-order chi connectivity index (χ1) is 12.6. The fourth-order valence-electron chi connectivity index (χ4n) is 3.04. The van der Waals surface area contributed by atoms with E-state index in [1.807, 2.05) is 4.90 Å². The second-order valence-corrected chi connectivity index (χ2v) is 8.62. The molecule has 0 amide bonds. The van der Waals surface area contributed by atoms with Crippen LogP contribution in [0.25, 0.3) is 11.1 Å². The van der Waals surface area contributed by atoms with Crippen LogP contribution in [0, 0.1) is 0 Å². The lowest BCUT2D eigenvalue weighted by Crippen LogP contribution is -2.36. The molecular weight excluding hydrogens is 381 g/mol. The second kappa shape index (κ2) is 7.12. The lowest BCUT2D eigenvalue weighted by molar-refractivity contribution is -0.137. The molecule has 0 unspecified atom stereocenters. The summed E-state index contributed by atoms with van der Waals surface area (Å²) in [6, 6.07) is 6.73. The number of aliphatic hydroxyl groups is 1. The third-order valence-corrected chi connectivity index (χ3v) is 5.68. The molecular formula is C18H19F3N2O3S. The summed E-state index contributed by atoms with van der Waals surface area (Å²) in [6.45, 7) is 0.960. The first-order valence-electron chi connectivity index (χ1n) is 8.36. The SMILES string of the molecule is CS(=O)(=O)c1ccc(-c2cc(C(F)(F)F)cnc2N2CCC(O)CC2)cc1. The van der Waals surface area contributed by atoms with E-state index < -0.39 is 27.7 Å². The van der Waals surface area contributed by atoms with Crippen molar-refractivity contribution in [2.75, 3.05) is 24.2 Å². The highest BCUT2D eigenvalue weighted by atomic mass is 32.2. The molecule has 0 saturated carbocycles. The van der Waals surface area contributed by atoms with Crippen LogP contribution in [0.4, 0.5) is 19.0 Å². The van der Waals surface area contributed by atoms with Gasteiger partial charge in [-0.2, -0.15) is 13.2 Å². The number of aliphatic hydroxyl groups excluding tert-OH is 1. The van der Waals surface area contributed by atoms with Gasteiger partial charge in [-0.15, -0.1) is 0 Å². The van der Waals surface area contributed by atoms with Crippen molar-refractivity contribution in [2.45, 2.75) is 30.0 Å². The molecule has 1 N–H and O–H groups in total. The maximum Gasteiger partial charge on any atom is 0.417 e. The predicted molar refractivity (Wildman–Crippen MR) is 95.2 cm³/mol. The number of sulfone groups is 1. The first-order valence-corrected chi connectivity index (χ1v) is 10.3. The van der Waals surface area contributed by atoms with Crippen molar-refractivity contribution in [3.8, 4) is 11.1 Å². The Labute approximate surface area is 155 Å². The molecule has 9 heteroatoms. The van der Waals surface area contributed by atoms with Gasteiger partial charge >= 0.3 is 6.18 Å². The lowest BCUT2D eigenvalue weighted by Gasteiger charge is -2.32. The van der Waals surface area contributed by atoms with Gasteiger partial charge in [0.1, 0.15) is 5.82 Å². The van der Waals surface area contributed by atoms with E-state index in [0.29, 0.717) is 37.3 Å². The van der Waals surface area contributed by atoms with Gasteiger partial charge in [-0.3, -0.25) is 0 Å². The maximum atomic E-state index is 13.2. The Bertz CT molecular complexity index is 920. The van der Waals surface area contributed by atoms with Crippen molar-refractivity contribution in [3.63, 3.8) is 0 Å². The van der Waals surface area contributed by atoms with Crippen molar-refractivity contribution in [3.05, 3.63) is 42.1 Å². The van der Waals surface area contributed by atoms with Crippen LogP contribution in [0.3, 0.4) is 0 Å². The minimum Gasteiger partial charge on any atom is -0.393 e. The zero-order valence-corrected chi connectivity index (χ0v) is 15.4. The van der Waals surface area contributed by atoms with Crippen molar-refractivity contribution >= 4 is 15.7 Å². The van der Waals surface area contributed by atoms with Crippen LogP contribution in [-0.2, 0) is 16.0 Å². The molecule has 0 atom stereocenters. The fourth-order valence-corrected chi connectivity index (χ4v) is 3.67. The number of aromatic nitrogens is 1. The summed E-state index contributed by atoms with van der Waals surface area (Å²) < 4.78 is 62.7. The highest BCUT2D eigenvalue weighted by Gasteiger charge is 2.32. The van der Waals surface area contributed by atoms with Crippen LogP contribution >= 0.6 is 0 Å². The Morgan fingerprint density at radius 1 is 1.15 bits per heavy atom. The number of alkyl halides is 3. The zero-order valence-electron chi connectivity index (χ0n) is 14.6. The van der Waals surface area contributed by atoms with E-state index in [-0.39, 0.29) is 10.5 Å². The zero-order chi connectivity index (χ0) is 19.8. The summed E-state index contributed by atoms with van der Waals surface area (Å²) in [6.07, 6.45) is -2.07. The molecule has 0 aliphatic carbocycles. The second-order valence-electron chi connectivity index (χ2n) is 6.61. The van der Waals surface area contributed by atoms with E-state index in [1.165, 1.54) is 24.3 Å². The third kappa shape index (κ3) is 4.41. The number of hydrogen-bond acceptors (Lipinski definition) is 5. The minimum absolute atomic E-state index is 0.0915. The molecule has 0 spiro atoms. The maximum absolute atomic E-state index is 13.2. The molecule has 5 nitrogen and oxygen atoms in total. The summed E-state index contributed by atoms with van der Waals surface area (Å²) in [5.41, 5.74) is -0.145. The topological polar surface area (TPSA) is 70.5 Å². The third-order valence-electron chi connectivity index (χ3n) is 4.55. The Kier molecular flexibility index (Phi) is 5.18. The average Bonchev–Trinajstić information content (AvgIpc) is 2.60. The quantitative estimate of drug-likeness (QED) is 0.857. The Morgan fingerprint density at radius 2 is 1.74 bits per heavy atom. The van der Waals surface area contributed by atoms with E-state index in [1.54, 1.807) is 0 Å². The van der Waals surface area contributed by atoms with Crippen LogP contribution < -0.4 is 4.90 Å². The summed E-state index contributed by atoms with van der Waals surface area (Å²) in [5, 5.41) is 9.67. The largest absolute Gasteiger partial charge is 0.417 e. The molecule has 0 bridgehead atoms. The molecule has 1 aromatic carbocycles. The summed E-state index contributed by atoms with van der Waals surface area (Å²) >= 11 is 0. The molecule has 2 heterocycles. The van der Waals surface area contributed by atoms with Gasteiger partial charge < -0.3 is 10.0 Å². The van der Waals surface area contributed by atoms with E-state index in [9.17, 15) is 26.7 Å². The van der Waals surface area contributed by atoms with Gasteiger partial charge in [0.05, 0.1) is 16.6 Å². The molecule has 1 aromatic heterocycles. The molecule has 0 radical (unpaired) electrons. The van der Waals surface area contributed by atoms with Crippen LogP contribution in [-0.4, -0.2) is 44.0 Å². The first kappa shape index (κ1) is 19.6. The van der Waals surface area contributed by atoms with E-state index in [4.69, 9.17) is 0 Å². The molecule has 3 rings (SSSR count). The van der Waals surface area contributed by atoms with Crippen LogP contribution in [0.2, 0.25) is 0 Å². The van der Waals surface area contributed by atoms with Crippen LogP contribution in [0.15, 0.2) is 41.4 Å². The fraction of sp³-hybridized carbons (Fsp3) is 0.389. The van der Waals surface area contributed by atoms with Crippen molar-refractivity contribution in [1.82, 2.24) is 4.98 Å². The van der Waals surface area contributed by atoms with Crippen molar-refractivity contribution < 1.29 is 26.7 Å². The van der Waals surface area contributed by atoms with E-state index in [2.05, 4.69) is 4.98 Å². The molecule has 146 valence electrons. The highest BCUT2D eigenvalue weighted by Crippen LogP contribution is 2.37. The van der Waals surface area contributed by atoms with Gasteiger partial charge in [0.15, 0.2) is 9.84 Å². The standard InChI is InChI=1S/C18H19F3N2O3S/c1-27(25,26)15-4-2-12(3-5-15)16-10-13(18(19,20)21)11-22-17(16)23-8-6-14(24)7-9-23/h2-5,10-11,14,24H,6-9H2,1H3. The lowest BCUT2D eigenvalue weighted by atomic mass is 10.0. The molecule has 27 heavy (non-hydrogen) atoms. The van der Waals surface area contributed by atoms with Gasteiger partial charge in [0.2, 0.25) is 0 Å².